The van der Waals surface area contributed by atoms with E-state index in [9.17, 15) is 9.36 Å². The van der Waals surface area contributed by atoms with E-state index in [-0.39, 0.29) is 30.8 Å². The maximum atomic E-state index is 13.7. The normalized spacial score (nSPS) is 28.3. The second-order valence-electron chi connectivity index (χ2n) is 9.31. The molecule has 0 bridgehead atoms. The smallest absolute Gasteiger partial charge is 0.459 e. The van der Waals surface area contributed by atoms with Crippen molar-refractivity contribution in [2.45, 2.75) is 90.6 Å². The zero-order valence-corrected chi connectivity index (χ0v) is 21.8. The Morgan fingerprint density at radius 2 is 1.79 bits per heavy atom. The topological polar surface area (TPSA) is 102 Å². The van der Waals surface area contributed by atoms with Crippen LogP contribution in [0.1, 0.15) is 54.4 Å². The van der Waals surface area contributed by atoms with E-state index < -0.39 is 31.6 Å². The number of fused-ring (bicyclic) bond motifs is 1. The van der Waals surface area contributed by atoms with Crippen molar-refractivity contribution in [3.8, 4) is 5.75 Å². The number of benzene rings is 1. The van der Waals surface area contributed by atoms with E-state index in [1.165, 1.54) is 0 Å². The highest BCUT2D eigenvalue weighted by Crippen LogP contribution is 2.47. The van der Waals surface area contributed by atoms with Crippen LogP contribution >= 0.6 is 7.75 Å². The highest BCUT2D eigenvalue weighted by molar-refractivity contribution is 7.52. The zero-order valence-electron chi connectivity index (χ0n) is 20.9. The van der Waals surface area contributed by atoms with Gasteiger partial charge in [-0.1, -0.05) is 44.9 Å². The van der Waals surface area contributed by atoms with E-state index in [4.69, 9.17) is 28.0 Å². The first-order valence-electron chi connectivity index (χ1n) is 12.0. The lowest BCUT2D eigenvalue weighted by Crippen LogP contribution is -2.37. The summed E-state index contributed by atoms with van der Waals surface area (Å²) < 4.78 is 48.5. The van der Waals surface area contributed by atoms with Gasteiger partial charge in [0.1, 0.15) is 30.1 Å². The lowest BCUT2D eigenvalue weighted by atomic mass is 10.1. The maximum absolute atomic E-state index is 13.7. The monoisotopic (exact) mass is 499 g/mol. The fourth-order valence-corrected chi connectivity index (χ4v) is 5.56. The minimum Gasteiger partial charge on any atom is -0.464 e. The average Bonchev–Trinajstić information content (AvgIpc) is 3.26. The van der Waals surface area contributed by atoms with E-state index in [1.54, 1.807) is 31.2 Å². The van der Waals surface area contributed by atoms with Crippen molar-refractivity contribution in [1.82, 2.24) is 5.09 Å². The predicted octanol–water partition coefficient (Wildman–Crippen LogP) is 4.46. The van der Waals surface area contributed by atoms with Gasteiger partial charge in [-0.15, -0.1) is 0 Å². The molecule has 0 aliphatic carbocycles. The summed E-state index contributed by atoms with van der Waals surface area (Å²) in [5.74, 6) is -0.628. The number of nitrogens with one attached hydrogen (secondary N) is 1. The van der Waals surface area contributed by atoms with Crippen molar-refractivity contribution in [3.63, 3.8) is 0 Å². The van der Waals surface area contributed by atoms with Crippen molar-refractivity contribution in [1.29, 1.82) is 0 Å². The average molecular weight is 500 g/mol. The van der Waals surface area contributed by atoms with Crippen molar-refractivity contribution in [3.05, 3.63) is 30.3 Å². The van der Waals surface area contributed by atoms with Gasteiger partial charge < -0.3 is 23.5 Å². The van der Waals surface area contributed by atoms with Gasteiger partial charge in [-0.05, 0) is 45.7 Å². The van der Waals surface area contributed by atoms with Gasteiger partial charge in [0.2, 0.25) is 0 Å². The van der Waals surface area contributed by atoms with Gasteiger partial charge in [-0.3, -0.25) is 9.32 Å². The van der Waals surface area contributed by atoms with Gasteiger partial charge in [-0.2, -0.15) is 5.09 Å². The number of hydrogen-bond acceptors (Lipinski definition) is 8. The van der Waals surface area contributed by atoms with Crippen molar-refractivity contribution in [2.24, 2.45) is 5.92 Å². The van der Waals surface area contributed by atoms with E-state index in [0.717, 1.165) is 12.8 Å². The fourth-order valence-electron chi connectivity index (χ4n) is 4.05. The van der Waals surface area contributed by atoms with Crippen LogP contribution in [0, 0.1) is 5.92 Å². The number of rotatable bonds is 12. The van der Waals surface area contributed by atoms with Crippen LogP contribution < -0.4 is 9.61 Å². The molecule has 2 aliphatic heterocycles. The molecule has 10 heteroatoms. The van der Waals surface area contributed by atoms with Gasteiger partial charge >= 0.3 is 13.7 Å². The van der Waals surface area contributed by atoms with E-state index in [1.807, 2.05) is 26.8 Å². The maximum Gasteiger partial charge on any atom is 0.459 e. The third-order valence-electron chi connectivity index (χ3n) is 6.08. The van der Waals surface area contributed by atoms with Crippen LogP contribution in [0.4, 0.5) is 0 Å². The highest BCUT2D eigenvalue weighted by atomic mass is 31.2. The molecule has 6 atom stereocenters. The molecule has 0 saturated carbocycles. The summed E-state index contributed by atoms with van der Waals surface area (Å²) in [6, 6.07) is 7.74. The SMILES string of the molecule is CCC(CC)COC(=O)C(C)NP(=O)(OCC1OC(C)[C@@H]2OC(C)(C)O[C@H]12)Oc1ccccc1. The standard InChI is InChI=1S/C24H38NO8P/c1-7-18(8-2)14-28-23(26)16(3)25-34(27,33-19-12-10-9-11-13-19)29-15-20-22-21(17(4)30-20)31-24(5,6)32-22/h9-13,16-18,20-22H,7-8,14-15H2,1-6H3,(H,25,27)/t16?,17?,20?,21-,22+,34?/m0/s1. The van der Waals surface area contributed by atoms with Crippen LogP contribution in [0.25, 0.3) is 0 Å². The lowest BCUT2D eigenvalue weighted by molar-refractivity contribution is -0.187. The van der Waals surface area contributed by atoms with Crippen LogP contribution in [0.5, 0.6) is 5.75 Å². The molecule has 192 valence electrons. The quantitative estimate of drug-likeness (QED) is 0.330. The van der Waals surface area contributed by atoms with Gasteiger partial charge in [-0.25, -0.2) is 4.57 Å². The van der Waals surface area contributed by atoms with Crippen LogP contribution in [-0.2, 0) is 32.8 Å². The number of ether oxygens (including phenoxy) is 4. The molecule has 9 nitrogen and oxygen atoms in total. The molecular formula is C24H38NO8P. The Balaban J connectivity index is 1.67. The van der Waals surface area contributed by atoms with E-state index in [2.05, 4.69) is 18.9 Å². The molecule has 1 aromatic carbocycles. The summed E-state index contributed by atoms with van der Waals surface area (Å²) in [5, 5.41) is 2.72. The number of hydrogen-bond donors (Lipinski definition) is 1. The molecular weight excluding hydrogens is 461 g/mol. The minimum absolute atomic E-state index is 0.0719. The van der Waals surface area contributed by atoms with Crippen molar-refractivity contribution >= 4 is 13.7 Å². The molecule has 0 amide bonds. The molecule has 1 N–H and O–H groups in total. The van der Waals surface area contributed by atoms with Gasteiger partial charge in [0, 0.05) is 0 Å². The highest BCUT2D eigenvalue weighted by Gasteiger charge is 2.54. The Morgan fingerprint density at radius 1 is 1.15 bits per heavy atom. The molecule has 3 rings (SSSR count). The van der Waals surface area contributed by atoms with Crippen molar-refractivity contribution < 1.29 is 37.4 Å². The van der Waals surface area contributed by atoms with E-state index >= 15 is 0 Å². The minimum atomic E-state index is -3.98. The Kier molecular flexibility index (Phi) is 9.17. The first-order chi connectivity index (χ1) is 16.1. The summed E-state index contributed by atoms with van der Waals surface area (Å²) in [7, 11) is -3.98. The molecule has 34 heavy (non-hydrogen) atoms. The second-order valence-corrected chi connectivity index (χ2v) is 11.0. The first-order valence-corrected chi connectivity index (χ1v) is 13.5. The zero-order chi connectivity index (χ0) is 24.9. The van der Waals surface area contributed by atoms with Crippen LogP contribution in [0.3, 0.4) is 0 Å². The van der Waals surface area contributed by atoms with E-state index in [0.29, 0.717) is 12.4 Å². The fraction of sp³-hybridized carbons (Fsp3) is 0.708. The van der Waals surface area contributed by atoms with Crippen LogP contribution in [0.15, 0.2) is 30.3 Å². The summed E-state index contributed by atoms with van der Waals surface area (Å²) in [5.41, 5.74) is 0. The molecule has 2 aliphatic rings. The first kappa shape index (κ1) is 27.1. The largest absolute Gasteiger partial charge is 0.464 e. The Labute approximate surface area is 202 Å². The predicted molar refractivity (Wildman–Crippen MR) is 126 cm³/mol. The number of esters is 1. The molecule has 0 spiro atoms. The molecule has 0 radical (unpaired) electrons. The Hall–Kier alpha value is -1.48. The number of carbonyl (C=O) groups excluding carboxylic acids is 1. The Morgan fingerprint density at radius 3 is 2.44 bits per heavy atom. The Bertz CT molecular complexity index is 847. The van der Waals surface area contributed by atoms with Gasteiger partial charge in [0.15, 0.2) is 5.79 Å². The van der Waals surface area contributed by atoms with Crippen LogP contribution in [-0.4, -0.2) is 55.4 Å². The second kappa shape index (κ2) is 11.5. The molecule has 2 fully saturated rings. The van der Waals surface area contributed by atoms with Gasteiger partial charge in [0.25, 0.3) is 0 Å². The summed E-state index contributed by atoms with van der Waals surface area (Å²) in [6.07, 6.45) is 0.502. The molecule has 2 saturated heterocycles. The van der Waals surface area contributed by atoms with Gasteiger partial charge in [0.05, 0.1) is 19.3 Å². The third-order valence-corrected chi connectivity index (χ3v) is 7.72. The summed E-state index contributed by atoms with van der Waals surface area (Å²) in [6.45, 7) is 11.5. The lowest BCUT2D eigenvalue weighted by Gasteiger charge is -2.26. The van der Waals surface area contributed by atoms with Crippen LogP contribution in [0.2, 0.25) is 0 Å². The molecule has 1 aromatic rings. The number of para-hydroxylation sites is 1. The summed E-state index contributed by atoms with van der Waals surface area (Å²) >= 11 is 0. The summed E-state index contributed by atoms with van der Waals surface area (Å²) in [4.78, 5) is 12.6. The van der Waals surface area contributed by atoms with Crippen molar-refractivity contribution in [2.75, 3.05) is 13.2 Å². The third kappa shape index (κ3) is 7.03. The molecule has 0 aromatic heterocycles. The number of carbonyl (C=O) groups is 1. The molecule has 4 unspecified atom stereocenters. The molecule has 2 heterocycles.